The predicted molar refractivity (Wildman–Crippen MR) is 80.2 cm³/mol. The summed E-state index contributed by atoms with van der Waals surface area (Å²) in [6, 6.07) is 7.74. The van der Waals surface area contributed by atoms with Gasteiger partial charge in [-0.2, -0.15) is 0 Å². The predicted octanol–water partition coefficient (Wildman–Crippen LogP) is 2.16. The van der Waals surface area contributed by atoms with Crippen LogP contribution in [0.5, 0.6) is 5.75 Å². The van der Waals surface area contributed by atoms with Crippen molar-refractivity contribution in [2.75, 3.05) is 25.4 Å². The fraction of sp³-hybridized carbons (Fsp3) is 0.533. The van der Waals surface area contributed by atoms with E-state index in [2.05, 4.69) is 0 Å². The summed E-state index contributed by atoms with van der Waals surface area (Å²) in [4.78, 5) is 14.7. The summed E-state index contributed by atoms with van der Waals surface area (Å²) in [7, 11) is 0. The average molecular weight is 295 g/mol. The fourth-order valence-electron chi connectivity index (χ4n) is 2.10. The number of benzene rings is 1. The van der Waals surface area contributed by atoms with Gasteiger partial charge in [-0.05, 0) is 37.6 Å². The summed E-state index contributed by atoms with van der Waals surface area (Å²) in [5.41, 5.74) is -0.653. The molecule has 1 aliphatic rings. The molecule has 0 atom stereocenters. The number of rotatable bonds is 6. The molecule has 1 amide bonds. The number of hydrogen-bond acceptors (Lipinski definition) is 4. The smallest absolute Gasteiger partial charge is 0.233 e. The van der Waals surface area contributed by atoms with Crippen LogP contribution in [0.15, 0.2) is 29.2 Å². The lowest BCUT2D eigenvalue weighted by Crippen LogP contribution is -2.63. The van der Waals surface area contributed by atoms with Crippen LogP contribution < -0.4 is 4.74 Å². The molecule has 110 valence electrons. The van der Waals surface area contributed by atoms with E-state index in [1.165, 1.54) is 11.8 Å². The maximum atomic E-state index is 11.9. The van der Waals surface area contributed by atoms with Gasteiger partial charge in [-0.25, -0.2) is 0 Å². The highest BCUT2D eigenvalue weighted by molar-refractivity contribution is 8.00. The first-order valence-corrected chi connectivity index (χ1v) is 7.90. The molecule has 0 spiro atoms. The SMILES string of the molecule is CCOc1ccc(SCC(=O)N2CC(O)(CC)C2)cc1. The topological polar surface area (TPSA) is 49.8 Å². The van der Waals surface area contributed by atoms with Crippen LogP contribution in [0.1, 0.15) is 20.3 Å². The quantitative estimate of drug-likeness (QED) is 0.817. The molecule has 20 heavy (non-hydrogen) atoms. The second-order valence-electron chi connectivity index (χ2n) is 5.02. The number of thioether (sulfide) groups is 1. The molecule has 0 saturated carbocycles. The van der Waals surface area contributed by atoms with Gasteiger partial charge in [0.25, 0.3) is 0 Å². The van der Waals surface area contributed by atoms with E-state index in [-0.39, 0.29) is 5.91 Å². The highest BCUT2D eigenvalue weighted by Gasteiger charge is 2.41. The first-order valence-electron chi connectivity index (χ1n) is 6.92. The fourth-order valence-corrected chi connectivity index (χ4v) is 2.90. The minimum absolute atomic E-state index is 0.0852. The highest BCUT2D eigenvalue weighted by atomic mass is 32.2. The molecule has 1 aliphatic heterocycles. The Hall–Kier alpha value is -1.20. The summed E-state index contributed by atoms with van der Waals surface area (Å²) in [6.07, 6.45) is 0.697. The number of carbonyl (C=O) groups is 1. The summed E-state index contributed by atoms with van der Waals surface area (Å²) >= 11 is 1.51. The van der Waals surface area contributed by atoms with Crippen molar-refractivity contribution in [1.29, 1.82) is 0 Å². The van der Waals surface area contributed by atoms with Crippen molar-refractivity contribution in [3.63, 3.8) is 0 Å². The van der Waals surface area contributed by atoms with Crippen LogP contribution in [-0.2, 0) is 4.79 Å². The zero-order valence-corrected chi connectivity index (χ0v) is 12.8. The molecule has 4 nitrogen and oxygen atoms in total. The maximum absolute atomic E-state index is 11.9. The Kier molecular flexibility index (Phi) is 4.94. The van der Waals surface area contributed by atoms with Crippen LogP contribution in [0.4, 0.5) is 0 Å². The van der Waals surface area contributed by atoms with Crippen molar-refractivity contribution in [1.82, 2.24) is 4.90 Å². The van der Waals surface area contributed by atoms with E-state index in [0.717, 1.165) is 10.6 Å². The van der Waals surface area contributed by atoms with Gasteiger partial charge >= 0.3 is 0 Å². The van der Waals surface area contributed by atoms with Gasteiger partial charge in [-0.1, -0.05) is 6.92 Å². The normalized spacial score (nSPS) is 16.6. The lowest BCUT2D eigenvalue weighted by atomic mass is 9.91. The third-order valence-corrected chi connectivity index (χ3v) is 4.48. The molecule has 1 N–H and O–H groups in total. The Morgan fingerprint density at radius 2 is 2.00 bits per heavy atom. The van der Waals surface area contributed by atoms with Gasteiger partial charge in [-0.15, -0.1) is 11.8 Å². The van der Waals surface area contributed by atoms with Crippen LogP contribution in [-0.4, -0.2) is 47.0 Å². The molecule has 0 aromatic heterocycles. The Labute approximate surface area is 124 Å². The number of β-amino-alcohol motifs (C(OH)–C–C–N with tert-alkyl or cyclic N) is 1. The van der Waals surface area contributed by atoms with Gasteiger partial charge in [0.15, 0.2) is 0 Å². The number of amides is 1. The van der Waals surface area contributed by atoms with Crippen molar-refractivity contribution in [3.8, 4) is 5.75 Å². The lowest BCUT2D eigenvalue weighted by molar-refractivity contribution is -0.152. The molecule has 1 saturated heterocycles. The largest absolute Gasteiger partial charge is 0.494 e. The van der Waals surface area contributed by atoms with Crippen LogP contribution in [0.25, 0.3) is 0 Å². The van der Waals surface area contributed by atoms with Crippen LogP contribution in [0.2, 0.25) is 0 Å². The van der Waals surface area contributed by atoms with Crippen molar-refractivity contribution in [2.45, 2.75) is 30.8 Å². The number of aliphatic hydroxyl groups is 1. The molecule has 1 aromatic rings. The zero-order chi connectivity index (χ0) is 14.6. The zero-order valence-electron chi connectivity index (χ0n) is 12.0. The molecule has 1 fully saturated rings. The van der Waals surface area contributed by atoms with Crippen LogP contribution >= 0.6 is 11.8 Å². The van der Waals surface area contributed by atoms with Crippen LogP contribution in [0.3, 0.4) is 0 Å². The van der Waals surface area contributed by atoms with Gasteiger partial charge in [0.05, 0.1) is 31.1 Å². The highest BCUT2D eigenvalue weighted by Crippen LogP contribution is 2.26. The summed E-state index contributed by atoms with van der Waals surface area (Å²) in [5, 5.41) is 9.89. The molecule has 0 radical (unpaired) electrons. The number of ether oxygens (including phenoxy) is 1. The number of carbonyl (C=O) groups excluding carboxylic acids is 1. The maximum Gasteiger partial charge on any atom is 0.233 e. The van der Waals surface area contributed by atoms with Gasteiger partial charge in [0, 0.05) is 4.90 Å². The molecule has 5 heteroatoms. The number of likely N-dealkylation sites (tertiary alicyclic amines) is 1. The first-order chi connectivity index (χ1) is 9.56. The average Bonchev–Trinajstić information content (AvgIpc) is 2.43. The number of nitrogens with zero attached hydrogens (tertiary/aromatic N) is 1. The van der Waals surface area contributed by atoms with E-state index in [9.17, 15) is 9.90 Å². The second kappa shape index (κ2) is 6.50. The standard InChI is InChI=1S/C15H21NO3S/c1-3-15(18)10-16(11-15)14(17)9-20-13-7-5-12(6-8-13)19-4-2/h5-8,18H,3-4,9-11H2,1-2H3. The molecule has 2 rings (SSSR count). The first kappa shape index (κ1) is 15.2. The van der Waals surface area contributed by atoms with Crippen molar-refractivity contribution < 1.29 is 14.6 Å². The van der Waals surface area contributed by atoms with E-state index >= 15 is 0 Å². The molecule has 0 bridgehead atoms. The van der Waals surface area contributed by atoms with Gasteiger partial charge in [0.1, 0.15) is 5.75 Å². The molecular weight excluding hydrogens is 274 g/mol. The van der Waals surface area contributed by atoms with Crippen LogP contribution in [0, 0.1) is 0 Å². The molecule has 1 aromatic carbocycles. The van der Waals surface area contributed by atoms with E-state index in [4.69, 9.17) is 4.74 Å². The Balaban J connectivity index is 1.76. The summed E-state index contributed by atoms with van der Waals surface area (Å²) in [5.74, 6) is 1.34. The Morgan fingerprint density at radius 1 is 1.35 bits per heavy atom. The van der Waals surface area contributed by atoms with Gasteiger partial charge in [0.2, 0.25) is 5.91 Å². The second-order valence-corrected chi connectivity index (χ2v) is 6.07. The molecule has 1 heterocycles. The van der Waals surface area contributed by atoms with E-state index in [1.807, 2.05) is 38.1 Å². The Bertz CT molecular complexity index is 455. The van der Waals surface area contributed by atoms with E-state index in [0.29, 0.717) is 31.9 Å². The Morgan fingerprint density at radius 3 is 2.55 bits per heavy atom. The monoisotopic (exact) mass is 295 g/mol. The lowest BCUT2D eigenvalue weighted by Gasteiger charge is -2.46. The van der Waals surface area contributed by atoms with E-state index < -0.39 is 5.60 Å². The van der Waals surface area contributed by atoms with Crippen molar-refractivity contribution >= 4 is 17.7 Å². The van der Waals surface area contributed by atoms with Crippen molar-refractivity contribution in [2.24, 2.45) is 0 Å². The molecule has 0 unspecified atom stereocenters. The minimum atomic E-state index is -0.653. The van der Waals surface area contributed by atoms with Gasteiger partial charge in [-0.3, -0.25) is 4.79 Å². The minimum Gasteiger partial charge on any atom is -0.494 e. The summed E-state index contributed by atoms with van der Waals surface area (Å²) in [6.45, 7) is 5.47. The number of hydrogen-bond donors (Lipinski definition) is 1. The van der Waals surface area contributed by atoms with Gasteiger partial charge < -0.3 is 14.7 Å². The summed E-state index contributed by atoms with van der Waals surface area (Å²) < 4.78 is 5.37. The van der Waals surface area contributed by atoms with E-state index in [1.54, 1.807) is 4.90 Å². The third-order valence-electron chi connectivity index (χ3n) is 3.48. The molecular formula is C15H21NO3S. The third kappa shape index (κ3) is 3.67. The van der Waals surface area contributed by atoms with Crippen molar-refractivity contribution in [3.05, 3.63) is 24.3 Å². The molecule has 0 aliphatic carbocycles.